The lowest BCUT2D eigenvalue weighted by molar-refractivity contribution is -0.153. The molecule has 2 rings (SSSR count). The van der Waals surface area contributed by atoms with Crippen LogP contribution in [0.15, 0.2) is 32.2 Å². The Hall–Kier alpha value is -2.45. The number of aliphatic hydroxyl groups excluding tert-OH is 2. The first kappa shape index (κ1) is 13.0. The Bertz CT molecular complexity index is 745. The number of aliphatic carboxylic acids is 1. The molecule has 1 heterocycles. The van der Waals surface area contributed by atoms with E-state index < -0.39 is 29.6 Å². The lowest BCUT2D eigenvalue weighted by Crippen LogP contribution is -2.28. The van der Waals surface area contributed by atoms with Gasteiger partial charge in [-0.3, -0.25) is 4.98 Å². The zero-order valence-electron chi connectivity index (χ0n) is 9.36. The van der Waals surface area contributed by atoms with E-state index >= 15 is 0 Å². The third-order valence-electron chi connectivity index (χ3n) is 2.59. The number of carbonyl (C=O) groups is 1. The van der Waals surface area contributed by atoms with Crippen molar-refractivity contribution in [1.29, 1.82) is 0 Å². The van der Waals surface area contributed by atoms with E-state index in [1.54, 1.807) is 0 Å². The molecule has 0 aliphatic heterocycles. The summed E-state index contributed by atoms with van der Waals surface area (Å²) in [6, 6.07) is 4.04. The zero-order valence-corrected chi connectivity index (χ0v) is 9.36. The molecule has 0 saturated heterocycles. The standard InChI is InChI=1S/C11H9NO7/c13-7(8(14)9(15)16)4-2-1-3-5-6(4)10(17)19-11(18)12-5/h1-3,7-8,13-14H,(H,12,18)(H,15,16). The molecule has 1 aromatic heterocycles. The number of nitrogens with one attached hydrogen (secondary N) is 1. The van der Waals surface area contributed by atoms with Crippen LogP contribution in [-0.2, 0) is 4.79 Å². The van der Waals surface area contributed by atoms with E-state index in [2.05, 4.69) is 9.40 Å². The number of aromatic nitrogens is 1. The highest BCUT2D eigenvalue weighted by molar-refractivity contribution is 5.82. The van der Waals surface area contributed by atoms with Crippen LogP contribution in [0.4, 0.5) is 0 Å². The Labute approximate surface area is 104 Å². The van der Waals surface area contributed by atoms with E-state index in [4.69, 9.17) is 5.11 Å². The first-order valence-corrected chi connectivity index (χ1v) is 5.17. The van der Waals surface area contributed by atoms with Crippen molar-refractivity contribution in [2.45, 2.75) is 12.2 Å². The van der Waals surface area contributed by atoms with E-state index in [-0.39, 0.29) is 16.5 Å². The van der Waals surface area contributed by atoms with Crippen LogP contribution in [0.2, 0.25) is 0 Å². The van der Waals surface area contributed by atoms with Crippen molar-refractivity contribution in [1.82, 2.24) is 4.98 Å². The Morgan fingerprint density at radius 3 is 2.58 bits per heavy atom. The molecule has 0 spiro atoms. The summed E-state index contributed by atoms with van der Waals surface area (Å²) in [5.74, 6) is -2.61. The van der Waals surface area contributed by atoms with Crippen LogP contribution in [0.3, 0.4) is 0 Å². The molecule has 0 bridgehead atoms. The van der Waals surface area contributed by atoms with Gasteiger partial charge in [0.15, 0.2) is 6.10 Å². The average molecular weight is 267 g/mol. The summed E-state index contributed by atoms with van der Waals surface area (Å²) in [7, 11) is 0. The number of aliphatic hydroxyl groups is 2. The van der Waals surface area contributed by atoms with E-state index in [1.165, 1.54) is 18.2 Å². The highest BCUT2D eigenvalue weighted by Gasteiger charge is 2.27. The predicted octanol–water partition coefficient (Wildman–Crippen LogP) is -1.04. The molecule has 0 radical (unpaired) electrons. The molecule has 2 atom stereocenters. The van der Waals surface area contributed by atoms with Crippen molar-refractivity contribution in [2.75, 3.05) is 0 Å². The number of hydrogen-bond acceptors (Lipinski definition) is 6. The molecule has 0 aliphatic rings. The number of rotatable bonds is 3. The van der Waals surface area contributed by atoms with Crippen LogP contribution < -0.4 is 11.4 Å². The summed E-state index contributed by atoms with van der Waals surface area (Å²) in [5.41, 5.74) is -1.08. The molecule has 8 heteroatoms. The van der Waals surface area contributed by atoms with Gasteiger partial charge in [-0.1, -0.05) is 12.1 Å². The van der Waals surface area contributed by atoms with Crippen LogP contribution in [0.1, 0.15) is 11.7 Å². The minimum atomic E-state index is -2.10. The van der Waals surface area contributed by atoms with Crippen molar-refractivity contribution < 1.29 is 24.5 Å². The van der Waals surface area contributed by atoms with Crippen molar-refractivity contribution in [3.63, 3.8) is 0 Å². The number of carboxylic acid groups (broad SMARTS) is 1. The largest absolute Gasteiger partial charge is 0.479 e. The van der Waals surface area contributed by atoms with E-state index in [1.807, 2.05) is 0 Å². The van der Waals surface area contributed by atoms with E-state index in [9.17, 15) is 24.6 Å². The summed E-state index contributed by atoms with van der Waals surface area (Å²) in [6.45, 7) is 0. The third-order valence-corrected chi connectivity index (χ3v) is 2.59. The molecular formula is C11H9NO7. The summed E-state index contributed by atoms with van der Waals surface area (Å²) < 4.78 is 4.31. The zero-order chi connectivity index (χ0) is 14.2. The maximum absolute atomic E-state index is 11.6. The monoisotopic (exact) mass is 267 g/mol. The second-order valence-corrected chi connectivity index (χ2v) is 3.80. The van der Waals surface area contributed by atoms with Gasteiger partial charge in [-0.05, 0) is 6.07 Å². The Morgan fingerprint density at radius 1 is 1.26 bits per heavy atom. The second-order valence-electron chi connectivity index (χ2n) is 3.80. The van der Waals surface area contributed by atoms with Gasteiger partial charge in [-0.25, -0.2) is 14.4 Å². The molecule has 0 amide bonds. The Morgan fingerprint density at radius 2 is 1.95 bits per heavy atom. The lowest BCUT2D eigenvalue weighted by Gasteiger charge is -2.15. The van der Waals surface area contributed by atoms with E-state index in [0.29, 0.717) is 0 Å². The first-order valence-electron chi connectivity index (χ1n) is 5.17. The van der Waals surface area contributed by atoms with Crippen LogP contribution in [0.5, 0.6) is 0 Å². The predicted molar refractivity (Wildman–Crippen MR) is 61.7 cm³/mol. The average Bonchev–Trinajstić information content (AvgIpc) is 2.35. The minimum absolute atomic E-state index is 0.0791. The van der Waals surface area contributed by atoms with Crippen LogP contribution in [0, 0.1) is 0 Å². The molecule has 1 aromatic carbocycles. The third kappa shape index (κ3) is 2.26. The number of H-pyrrole nitrogens is 1. The quantitative estimate of drug-likeness (QED) is 0.556. The van der Waals surface area contributed by atoms with Crippen LogP contribution in [0.25, 0.3) is 10.9 Å². The molecule has 8 nitrogen and oxygen atoms in total. The molecule has 2 unspecified atom stereocenters. The smallest absolute Gasteiger partial charge is 0.419 e. The number of fused-ring (bicyclic) bond motifs is 1. The maximum atomic E-state index is 11.6. The SMILES string of the molecule is O=C(O)C(O)C(O)c1cccc2[nH]c(=O)oc(=O)c12. The number of aromatic amines is 1. The molecular weight excluding hydrogens is 258 g/mol. The van der Waals surface area contributed by atoms with E-state index in [0.717, 1.165) is 0 Å². The van der Waals surface area contributed by atoms with Gasteiger partial charge in [0.05, 0.1) is 10.9 Å². The molecule has 0 aliphatic carbocycles. The van der Waals surface area contributed by atoms with Gasteiger partial charge in [0.25, 0.3) is 0 Å². The molecule has 19 heavy (non-hydrogen) atoms. The van der Waals surface area contributed by atoms with Crippen LogP contribution >= 0.6 is 0 Å². The maximum Gasteiger partial charge on any atom is 0.419 e. The summed E-state index contributed by atoms with van der Waals surface area (Å²) in [6.07, 6.45) is -3.92. The van der Waals surface area contributed by atoms with Gasteiger partial charge < -0.3 is 19.7 Å². The molecule has 2 aromatic rings. The highest BCUT2D eigenvalue weighted by atomic mass is 16.4. The van der Waals surface area contributed by atoms with Crippen LogP contribution in [-0.4, -0.2) is 32.4 Å². The molecule has 0 saturated carbocycles. The van der Waals surface area contributed by atoms with Crippen molar-refractivity contribution >= 4 is 16.9 Å². The first-order chi connectivity index (χ1) is 8.91. The highest BCUT2D eigenvalue weighted by Crippen LogP contribution is 2.22. The van der Waals surface area contributed by atoms with Crippen molar-refractivity contribution in [3.05, 3.63) is 44.7 Å². The van der Waals surface area contributed by atoms with Gasteiger partial charge in [-0.15, -0.1) is 0 Å². The number of hydrogen-bond donors (Lipinski definition) is 4. The molecule has 4 N–H and O–H groups in total. The van der Waals surface area contributed by atoms with Gasteiger partial charge >= 0.3 is 17.4 Å². The second kappa shape index (κ2) is 4.67. The molecule has 0 fully saturated rings. The fourth-order valence-electron chi connectivity index (χ4n) is 1.72. The Balaban J connectivity index is 2.71. The summed E-state index contributed by atoms with van der Waals surface area (Å²) in [5, 5.41) is 27.5. The van der Waals surface area contributed by atoms with Gasteiger partial charge in [0.1, 0.15) is 6.10 Å². The normalized spacial score (nSPS) is 14.2. The van der Waals surface area contributed by atoms with Gasteiger partial charge in [0, 0.05) is 5.56 Å². The van der Waals surface area contributed by atoms with Gasteiger partial charge in [-0.2, -0.15) is 0 Å². The fraction of sp³-hybridized carbons (Fsp3) is 0.182. The summed E-state index contributed by atoms with van der Waals surface area (Å²) in [4.78, 5) is 35.4. The molecule has 100 valence electrons. The van der Waals surface area contributed by atoms with Gasteiger partial charge in [0.2, 0.25) is 0 Å². The van der Waals surface area contributed by atoms with Crippen molar-refractivity contribution in [3.8, 4) is 0 Å². The minimum Gasteiger partial charge on any atom is -0.479 e. The Kier molecular flexibility index (Phi) is 3.19. The number of benzene rings is 1. The fourth-order valence-corrected chi connectivity index (χ4v) is 1.72. The van der Waals surface area contributed by atoms with Crippen molar-refractivity contribution in [2.24, 2.45) is 0 Å². The summed E-state index contributed by atoms with van der Waals surface area (Å²) >= 11 is 0. The topological polar surface area (TPSA) is 141 Å². The number of carboxylic acids is 1. The lowest BCUT2D eigenvalue weighted by atomic mass is 10.0.